The fraction of sp³-hybridized carbons (Fsp3) is 1.00. The van der Waals surface area contributed by atoms with Crippen molar-refractivity contribution in [3.8, 4) is 0 Å². The van der Waals surface area contributed by atoms with Crippen molar-refractivity contribution in [1.29, 1.82) is 0 Å². The zero-order valence-electron chi connectivity index (χ0n) is 7.64. The van der Waals surface area contributed by atoms with Gasteiger partial charge in [-0.2, -0.15) is 4.84 Å². The van der Waals surface area contributed by atoms with E-state index in [9.17, 15) is 0 Å². The molecule has 0 bridgehead atoms. The molecule has 0 aromatic rings. The number of nitrogens with two attached hydrogens (primary N) is 1. The number of quaternary nitrogens is 1. The predicted molar refractivity (Wildman–Crippen MR) is 41.8 cm³/mol. The maximum atomic E-state index is 5.82. The van der Waals surface area contributed by atoms with Crippen molar-refractivity contribution in [3.05, 3.63) is 0 Å². The van der Waals surface area contributed by atoms with E-state index in [0.717, 1.165) is 6.42 Å². The van der Waals surface area contributed by atoms with Gasteiger partial charge in [-0.05, 0) is 13.8 Å². The molecule has 3 heteroatoms. The monoisotopic (exact) mass is 147 g/mol. The van der Waals surface area contributed by atoms with Crippen LogP contribution in [0.2, 0.25) is 0 Å². The van der Waals surface area contributed by atoms with Gasteiger partial charge in [-0.1, -0.05) is 6.92 Å². The predicted octanol–water partition coefficient (Wildman–Crippen LogP) is 1.06. The Morgan fingerprint density at radius 1 is 1.50 bits per heavy atom. The quantitative estimate of drug-likeness (QED) is 0.368. The van der Waals surface area contributed by atoms with Crippen molar-refractivity contribution in [2.45, 2.75) is 32.7 Å². The number of rotatable bonds is 3. The summed E-state index contributed by atoms with van der Waals surface area (Å²) in [5, 5.41) is 0. The van der Waals surface area contributed by atoms with E-state index in [1.807, 2.05) is 7.05 Å². The molecule has 0 aliphatic rings. The van der Waals surface area contributed by atoms with E-state index >= 15 is 0 Å². The van der Waals surface area contributed by atoms with E-state index in [4.69, 9.17) is 10.7 Å². The first kappa shape index (κ1) is 9.88. The lowest BCUT2D eigenvalue weighted by Gasteiger charge is -2.38. The van der Waals surface area contributed by atoms with Crippen LogP contribution in [0.1, 0.15) is 27.2 Å². The molecule has 1 atom stereocenters. The molecule has 0 aromatic heterocycles. The Hall–Kier alpha value is -0.120. The second kappa shape index (κ2) is 2.86. The molecule has 0 rings (SSSR count). The lowest BCUT2D eigenvalue weighted by atomic mass is 10.0. The van der Waals surface area contributed by atoms with Gasteiger partial charge in [-0.3, -0.25) is 0 Å². The standard InChI is InChI=1S/C7H19N2O/c1-6-7(2,3)9(4,8)10-5/h6,8H2,1-5H3/q+1. The normalized spacial score (nSPS) is 18.6. The largest absolute Gasteiger partial charge is 0.186 e. The average Bonchev–Trinajstić information content (AvgIpc) is 1.88. The number of hydrogen-bond acceptors (Lipinski definition) is 2. The third-order valence-corrected chi connectivity index (χ3v) is 2.45. The minimum atomic E-state index is -0.0191. The maximum absolute atomic E-state index is 5.82. The van der Waals surface area contributed by atoms with Crippen molar-refractivity contribution in [1.82, 2.24) is 0 Å². The summed E-state index contributed by atoms with van der Waals surface area (Å²) in [6, 6.07) is 0. The summed E-state index contributed by atoms with van der Waals surface area (Å²) in [6.07, 6.45) is 0.994. The number of nitrogens with zero attached hydrogens (tertiary/aromatic N) is 1. The van der Waals surface area contributed by atoms with Crippen molar-refractivity contribution in [3.63, 3.8) is 0 Å². The first-order chi connectivity index (χ1) is 4.37. The smallest absolute Gasteiger partial charge is 0.142 e. The van der Waals surface area contributed by atoms with Gasteiger partial charge in [0.2, 0.25) is 0 Å². The average molecular weight is 147 g/mol. The Morgan fingerprint density at radius 2 is 1.90 bits per heavy atom. The van der Waals surface area contributed by atoms with Crippen molar-refractivity contribution >= 4 is 0 Å². The summed E-state index contributed by atoms with van der Waals surface area (Å²) in [7, 11) is 3.47. The second-order valence-electron chi connectivity index (χ2n) is 3.34. The minimum Gasteiger partial charge on any atom is -0.186 e. The van der Waals surface area contributed by atoms with Crippen LogP contribution >= 0.6 is 0 Å². The molecule has 0 aromatic carbocycles. The summed E-state index contributed by atoms with van der Waals surface area (Å²) in [4.78, 5) is 5.11. The van der Waals surface area contributed by atoms with Crippen LogP contribution in [0, 0.1) is 0 Å². The lowest BCUT2D eigenvalue weighted by molar-refractivity contribution is -1.13. The highest BCUT2D eigenvalue weighted by atomic mass is 16.7. The molecule has 0 aliphatic carbocycles. The molecule has 3 nitrogen and oxygen atoms in total. The van der Waals surface area contributed by atoms with Crippen LogP contribution in [-0.2, 0) is 4.84 Å². The second-order valence-corrected chi connectivity index (χ2v) is 3.34. The Bertz CT molecular complexity index is 96.2. The van der Waals surface area contributed by atoms with Gasteiger partial charge < -0.3 is 0 Å². The SMILES string of the molecule is CCC(C)(C)[N+](C)(N)OC. The molecule has 0 aliphatic heterocycles. The Morgan fingerprint density at radius 3 is 2.00 bits per heavy atom. The molecule has 0 radical (unpaired) electrons. The minimum absolute atomic E-state index is 0.0191. The zero-order chi connectivity index (χ0) is 8.41. The number of hydroxylamine groups is 2. The molecule has 0 fully saturated rings. The van der Waals surface area contributed by atoms with E-state index in [0.29, 0.717) is 0 Å². The highest BCUT2D eigenvalue weighted by Gasteiger charge is 2.37. The van der Waals surface area contributed by atoms with Crippen LogP contribution in [0.5, 0.6) is 0 Å². The maximum Gasteiger partial charge on any atom is 0.142 e. The fourth-order valence-corrected chi connectivity index (χ4v) is 0.561. The third kappa shape index (κ3) is 1.68. The molecule has 10 heavy (non-hydrogen) atoms. The highest BCUT2D eigenvalue weighted by molar-refractivity contribution is 4.62. The summed E-state index contributed by atoms with van der Waals surface area (Å²) in [6.45, 7) is 6.26. The van der Waals surface area contributed by atoms with Gasteiger partial charge in [0.25, 0.3) is 0 Å². The molecular formula is C7H19N2O+. The summed E-state index contributed by atoms with van der Waals surface area (Å²) >= 11 is 0. The van der Waals surface area contributed by atoms with E-state index in [1.165, 1.54) is 0 Å². The van der Waals surface area contributed by atoms with Gasteiger partial charge in [0, 0.05) is 6.42 Å². The molecule has 0 saturated carbocycles. The van der Waals surface area contributed by atoms with Crippen molar-refractivity contribution in [2.75, 3.05) is 14.2 Å². The molecule has 0 amide bonds. The number of hydrogen-bond donors (Lipinski definition) is 1. The van der Waals surface area contributed by atoms with Gasteiger partial charge in [-0.15, -0.1) is 10.6 Å². The first-order valence-corrected chi connectivity index (χ1v) is 3.58. The van der Waals surface area contributed by atoms with Gasteiger partial charge >= 0.3 is 0 Å². The zero-order valence-corrected chi connectivity index (χ0v) is 7.64. The molecule has 0 spiro atoms. The summed E-state index contributed by atoms with van der Waals surface area (Å²) < 4.78 is 0.115. The van der Waals surface area contributed by atoms with Gasteiger partial charge in [0.05, 0.1) is 7.11 Å². The fourth-order valence-electron chi connectivity index (χ4n) is 0.561. The molecular weight excluding hydrogens is 128 g/mol. The molecule has 2 N–H and O–H groups in total. The van der Waals surface area contributed by atoms with Crippen LogP contribution in [0.3, 0.4) is 0 Å². The van der Waals surface area contributed by atoms with Crippen LogP contribution < -0.4 is 5.84 Å². The topological polar surface area (TPSA) is 35.2 Å². The Kier molecular flexibility index (Phi) is 2.83. The Balaban J connectivity index is 4.28. The Labute approximate surface area is 63.3 Å². The lowest BCUT2D eigenvalue weighted by Crippen LogP contribution is -2.62. The van der Waals surface area contributed by atoms with E-state index in [2.05, 4.69) is 20.8 Å². The van der Waals surface area contributed by atoms with Gasteiger partial charge in [0.1, 0.15) is 12.6 Å². The molecule has 1 unspecified atom stereocenters. The molecule has 0 saturated heterocycles. The summed E-state index contributed by atoms with van der Waals surface area (Å²) in [5.41, 5.74) is -0.0191. The van der Waals surface area contributed by atoms with Crippen LogP contribution in [-0.4, -0.2) is 24.5 Å². The van der Waals surface area contributed by atoms with Crippen LogP contribution in [0.25, 0.3) is 0 Å². The van der Waals surface area contributed by atoms with Crippen molar-refractivity contribution < 1.29 is 9.59 Å². The summed E-state index contributed by atoms with van der Waals surface area (Å²) in [5.74, 6) is 5.82. The van der Waals surface area contributed by atoms with E-state index in [-0.39, 0.29) is 10.3 Å². The molecule has 0 heterocycles. The highest BCUT2D eigenvalue weighted by Crippen LogP contribution is 2.20. The van der Waals surface area contributed by atoms with Gasteiger partial charge in [-0.25, -0.2) is 0 Å². The van der Waals surface area contributed by atoms with Gasteiger partial charge in [0.15, 0.2) is 0 Å². The van der Waals surface area contributed by atoms with Crippen LogP contribution in [0.15, 0.2) is 0 Å². The first-order valence-electron chi connectivity index (χ1n) is 3.58. The van der Waals surface area contributed by atoms with Crippen LogP contribution in [0.4, 0.5) is 0 Å². The van der Waals surface area contributed by atoms with E-state index < -0.39 is 0 Å². The van der Waals surface area contributed by atoms with Crippen molar-refractivity contribution in [2.24, 2.45) is 5.84 Å². The third-order valence-electron chi connectivity index (χ3n) is 2.45. The molecule has 62 valence electrons. The van der Waals surface area contributed by atoms with E-state index in [1.54, 1.807) is 7.11 Å².